The van der Waals surface area contributed by atoms with Gasteiger partial charge >= 0.3 is 5.97 Å². The molecule has 2 atom stereocenters. The quantitative estimate of drug-likeness (QED) is 0.550. The second kappa shape index (κ2) is 6.51. The van der Waals surface area contributed by atoms with Crippen LogP contribution in [0, 0.1) is 11.8 Å². The first kappa shape index (κ1) is 16.3. The Morgan fingerprint density at radius 2 is 2.22 bits per heavy atom. The average Bonchev–Trinajstić information content (AvgIpc) is 2.81. The van der Waals surface area contributed by atoms with Gasteiger partial charge in [-0.1, -0.05) is 24.3 Å². The molecular formula is C19H25NO3. The second-order valence-corrected chi connectivity index (χ2v) is 7.34. The van der Waals surface area contributed by atoms with Crippen LogP contribution in [0.4, 0.5) is 0 Å². The highest BCUT2D eigenvalue weighted by molar-refractivity contribution is 5.88. The predicted molar refractivity (Wildman–Crippen MR) is 88.7 cm³/mol. The molecule has 0 amide bonds. The molecule has 0 aromatic heterocycles. The molecule has 23 heavy (non-hydrogen) atoms. The summed E-state index contributed by atoms with van der Waals surface area (Å²) in [5.41, 5.74) is 1.68. The summed E-state index contributed by atoms with van der Waals surface area (Å²) in [5, 5.41) is 0. The van der Waals surface area contributed by atoms with E-state index in [0.717, 1.165) is 30.7 Å². The first-order chi connectivity index (χ1) is 10.9. The number of hydrogen-bond donors (Lipinski definition) is 0. The van der Waals surface area contributed by atoms with Crippen molar-refractivity contribution in [2.45, 2.75) is 57.8 Å². The van der Waals surface area contributed by atoms with Crippen LogP contribution in [0.15, 0.2) is 23.3 Å². The minimum absolute atomic E-state index is 0.158. The summed E-state index contributed by atoms with van der Waals surface area (Å²) < 4.78 is 11.2. The van der Waals surface area contributed by atoms with Crippen LogP contribution in [-0.4, -0.2) is 48.3 Å². The standard InChI is InChI=1S/C19H25NO3/c1-19(2,3)22-12-6-7-14-9-11-20-10-5-4-8-16(20)18-15(14)13-17(21)23-18/h9,13,16,18H,4-5,8,10-12H2,1-3H3. The summed E-state index contributed by atoms with van der Waals surface area (Å²) in [6.07, 6.45) is 7.09. The maximum absolute atomic E-state index is 11.8. The van der Waals surface area contributed by atoms with Crippen LogP contribution in [0.25, 0.3) is 0 Å². The van der Waals surface area contributed by atoms with Crippen LogP contribution >= 0.6 is 0 Å². The van der Waals surface area contributed by atoms with Crippen molar-refractivity contribution in [3.05, 3.63) is 23.3 Å². The maximum Gasteiger partial charge on any atom is 0.331 e. The number of ether oxygens (including phenoxy) is 2. The van der Waals surface area contributed by atoms with E-state index in [2.05, 4.69) is 22.8 Å². The molecule has 3 aliphatic heterocycles. The first-order valence-electron chi connectivity index (χ1n) is 8.44. The lowest BCUT2D eigenvalue weighted by Crippen LogP contribution is -2.46. The number of carbonyl (C=O) groups is 1. The maximum atomic E-state index is 11.8. The zero-order valence-corrected chi connectivity index (χ0v) is 14.2. The number of hydrogen-bond acceptors (Lipinski definition) is 4. The first-order valence-corrected chi connectivity index (χ1v) is 8.44. The van der Waals surface area contributed by atoms with Crippen molar-refractivity contribution in [2.75, 3.05) is 19.7 Å². The van der Waals surface area contributed by atoms with Crippen LogP contribution < -0.4 is 0 Å². The molecule has 124 valence electrons. The van der Waals surface area contributed by atoms with Gasteiger partial charge in [0.15, 0.2) is 0 Å². The fourth-order valence-corrected chi connectivity index (χ4v) is 3.37. The van der Waals surface area contributed by atoms with E-state index in [9.17, 15) is 4.79 Å². The number of fused-ring (bicyclic) bond motifs is 3. The summed E-state index contributed by atoms with van der Waals surface area (Å²) in [7, 11) is 0. The smallest absolute Gasteiger partial charge is 0.331 e. The Kier molecular flexibility index (Phi) is 4.61. The number of carbonyl (C=O) groups excluding carboxylic acids is 1. The Labute approximate surface area is 138 Å². The molecule has 0 saturated carbocycles. The van der Waals surface area contributed by atoms with Gasteiger partial charge in [-0.3, -0.25) is 4.90 Å². The molecule has 0 bridgehead atoms. The highest BCUT2D eigenvalue weighted by atomic mass is 16.5. The third-order valence-electron chi connectivity index (χ3n) is 4.48. The molecule has 3 heterocycles. The lowest BCUT2D eigenvalue weighted by molar-refractivity contribution is -0.141. The Balaban J connectivity index is 1.79. The van der Waals surface area contributed by atoms with Crippen molar-refractivity contribution in [3.8, 4) is 11.8 Å². The Hall–Kier alpha value is -1.57. The summed E-state index contributed by atoms with van der Waals surface area (Å²) in [5.74, 6) is 6.04. The van der Waals surface area contributed by atoms with Crippen molar-refractivity contribution in [2.24, 2.45) is 0 Å². The molecule has 3 aliphatic rings. The molecule has 0 N–H and O–H groups in total. The molecule has 4 nitrogen and oxygen atoms in total. The van der Waals surface area contributed by atoms with E-state index in [-0.39, 0.29) is 17.7 Å². The summed E-state index contributed by atoms with van der Waals surface area (Å²) in [4.78, 5) is 14.2. The topological polar surface area (TPSA) is 38.8 Å². The van der Waals surface area contributed by atoms with E-state index in [1.807, 2.05) is 20.8 Å². The average molecular weight is 315 g/mol. The van der Waals surface area contributed by atoms with E-state index in [1.54, 1.807) is 6.08 Å². The summed E-state index contributed by atoms with van der Waals surface area (Å²) in [6.45, 7) is 8.37. The fourth-order valence-electron chi connectivity index (χ4n) is 3.37. The Morgan fingerprint density at radius 3 is 3.00 bits per heavy atom. The third-order valence-corrected chi connectivity index (χ3v) is 4.48. The van der Waals surface area contributed by atoms with Crippen LogP contribution in [-0.2, 0) is 14.3 Å². The Bertz CT molecular complexity index is 600. The molecule has 0 radical (unpaired) electrons. The van der Waals surface area contributed by atoms with Crippen molar-refractivity contribution in [1.29, 1.82) is 0 Å². The van der Waals surface area contributed by atoms with Gasteiger partial charge in [-0.05, 0) is 40.2 Å². The van der Waals surface area contributed by atoms with E-state index in [1.165, 1.54) is 12.8 Å². The fraction of sp³-hybridized carbons (Fsp3) is 0.632. The highest BCUT2D eigenvalue weighted by Crippen LogP contribution is 2.34. The number of esters is 1. The summed E-state index contributed by atoms with van der Waals surface area (Å²) >= 11 is 0. The molecule has 0 spiro atoms. The molecule has 1 fully saturated rings. The lowest BCUT2D eigenvalue weighted by Gasteiger charge is -2.36. The van der Waals surface area contributed by atoms with Crippen molar-refractivity contribution < 1.29 is 14.3 Å². The predicted octanol–water partition coefficient (Wildman–Crippen LogP) is 2.45. The monoisotopic (exact) mass is 315 g/mol. The van der Waals surface area contributed by atoms with Crippen LogP contribution in [0.5, 0.6) is 0 Å². The van der Waals surface area contributed by atoms with Crippen molar-refractivity contribution in [3.63, 3.8) is 0 Å². The molecule has 1 saturated heterocycles. The molecule has 0 aromatic carbocycles. The van der Waals surface area contributed by atoms with E-state index in [4.69, 9.17) is 9.47 Å². The molecule has 4 heteroatoms. The van der Waals surface area contributed by atoms with Gasteiger partial charge < -0.3 is 9.47 Å². The van der Waals surface area contributed by atoms with Gasteiger partial charge in [0.05, 0.1) is 11.6 Å². The molecule has 2 unspecified atom stereocenters. The van der Waals surface area contributed by atoms with Crippen molar-refractivity contribution in [1.82, 2.24) is 4.90 Å². The zero-order chi connectivity index (χ0) is 16.4. The number of piperidine rings is 1. The van der Waals surface area contributed by atoms with Gasteiger partial charge in [0.25, 0.3) is 0 Å². The van der Waals surface area contributed by atoms with Crippen LogP contribution in [0.2, 0.25) is 0 Å². The SMILES string of the molecule is CC(C)(C)OCC#CC1=CCN2CCCCC2C2OC(=O)C=C12. The zero-order valence-electron chi connectivity index (χ0n) is 14.2. The number of nitrogens with zero attached hydrogens (tertiary/aromatic N) is 1. The summed E-state index contributed by atoms with van der Waals surface area (Å²) in [6, 6.07) is 0.294. The molecular weight excluding hydrogens is 290 g/mol. The van der Waals surface area contributed by atoms with Gasteiger partial charge in [0.2, 0.25) is 0 Å². The lowest BCUT2D eigenvalue weighted by atomic mass is 9.92. The van der Waals surface area contributed by atoms with E-state index >= 15 is 0 Å². The van der Waals surface area contributed by atoms with Crippen molar-refractivity contribution >= 4 is 5.97 Å². The Morgan fingerprint density at radius 1 is 1.39 bits per heavy atom. The van der Waals surface area contributed by atoms with Gasteiger partial charge in [-0.15, -0.1) is 0 Å². The van der Waals surface area contributed by atoms with Crippen LogP contribution in [0.1, 0.15) is 40.0 Å². The van der Waals surface area contributed by atoms with Gasteiger partial charge in [-0.2, -0.15) is 0 Å². The van der Waals surface area contributed by atoms with E-state index < -0.39 is 0 Å². The third kappa shape index (κ3) is 3.85. The van der Waals surface area contributed by atoms with Gasteiger partial charge in [-0.25, -0.2) is 4.79 Å². The van der Waals surface area contributed by atoms with E-state index in [0.29, 0.717) is 12.6 Å². The minimum Gasteiger partial charge on any atom is -0.453 e. The van der Waals surface area contributed by atoms with Gasteiger partial charge in [0.1, 0.15) is 12.7 Å². The molecule has 3 rings (SSSR count). The second-order valence-electron chi connectivity index (χ2n) is 7.34. The highest BCUT2D eigenvalue weighted by Gasteiger charge is 2.40. The molecule has 0 aromatic rings. The largest absolute Gasteiger partial charge is 0.453 e. The normalized spacial score (nSPS) is 27.7. The van der Waals surface area contributed by atoms with Gasteiger partial charge in [0, 0.05) is 23.8 Å². The minimum atomic E-state index is -0.240. The number of rotatable bonds is 1. The molecule has 0 aliphatic carbocycles. The van der Waals surface area contributed by atoms with Crippen LogP contribution in [0.3, 0.4) is 0 Å².